The lowest BCUT2D eigenvalue weighted by Crippen LogP contribution is -2.41. The van der Waals surface area contributed by atoms with Gasteiger partial charge in [-0.2, -0.15) is 9.41 Å². The summed E-state index contributed by atoms with van der Waals surface area (Å²) in [4.78, 5) is 16.9. The van der Waals surface area contributed by atoms with Crippen LogP contribution in [0.5, 0.6) is 0 Å². The lowest BCUT2D eigenvalue weighted by Gasteiger charge is -2.24. The Bertz CT molecular complexity index is 1200. The van der Waals surface area contributed by atoms with Crippen LogP contribution in [-0.4, -0.2) is 42.9 Å². The quantitative estimate of drug-likeness (QED) is 0.388. The second kappa shape index (κ2) is 11.0. The molecule has 0 saturated carbocycles. The lowest BCUT2D eigenvalue weighted by atomic mass is 10.1. The summed E-state index contributed by atoms with van der Waals surface area (Å²) in [5, 5.41) is 3.91. The van der Waals surface area contributed by atoms with Crippen LogP contribution in [0.25, 0.3) is 0 Å². The van der Waals surface area contributed by atoms with Gasteiger partial charge in [-0.25, -0.2) is 13.8 Å². The molecule has 1 amide bonds. The van der Waals surface area contributed by atoms with E-state index in [0.717, 1.165) is 11.1 Å². The Balaban J connectivity index is 1.82. The number of aromatic nitrogens is 1. The first-order valence-electron chi connectivity index (χ1n) is 10.6. The number of carbonyl (C=O) groups excluding carboxylic acids is 1. The third-order valence-corrected chi connectivity index (χ3v) is 7.24. The van der Waals surface area contributed by atoms with Crippen LogP contribution in [0.4, 0.5) is 0 Å². The zero-order valence-electron chi connectivity index (χ0n) is 19.0. The van der Waals surface area contributed by atoms with Gasteiger partial charge in [0.15, 0.2) is 0 Å². The summed E-state index contributed by atoms with van der Waals surface area (Å²) in [6.45, 7) is 5.30. The van der Waals surface area contributed by atoms with Gasteiger partial charge in [0, 0.05) is 12.7 Å². The third-order valence-electron chi connectivity index (χ3n) is 5.09. The molecule has 33 heavy (non-hydrogen) atoms. The molecule has 172 valence electrons. The Hall–Kier alpha value is -3.36. The van der Waals surface area contributed by atoms with Gasteiger partial charge in [-0.15, -0.1) is 0 Å². The maximum Gasteiger partial charge on any atom is 0.255 e. The Morgan fingerprint density at radius 2 is 1.70 bits per heavy atom. The van der Waals surface area contributed by atoms with Crippen molar-refractivity contribution in [2.75, 3.05) is 13.1 Å². The molecule has 0 aliphatic rings. The van der Waals surface area contributed by atoms with E-state index in [1.54, 1.807) is 38.2 Å². The van der Waals surface area contributed by atoms with Crippen molar-refractivity contribution in [2.45, 2.75) is 32.1 Å². The van der Waals surface area contributed by atoms with Gasteiger partial charge < -0.3 is 0 Å². The number of sulfonamides is 1. The van der Waals surface area contributed by atoms with Gasteiger partial charge in [0.05, 0.1) is 23.3 Å². The molecule has 8 heteroatoms. The second-order valence-corrected chi connectivity index (χ2v) is 9.72. The van der Waals surface area contributed by atoms with Crippen molar-refractivity contribution in [2.24, 2.45) is 5.10 Å². The maximum absolute atomic E-state index is 13.6. The number of hydrogen-bond acceptors (Lipinski definition) is 5. The highest BCUT2D eigenvalue weighted by Gasteiger charge is 2.29. The fourth-order valence-electron chi connectivity index (χ4n) is 3.70. The van der Waals surface area contributed by atoms with Crippen molar-refractivity contribution in [3.63, 3.8) is 0 Å². The molecule has 1 N–H and O–H groups in total. The van der Waals surface area contributed by atoms with Crippen molar-refractivity contribution < 1.29 is 13.2 Å². The molecule has 1 aromatic heterocycles. The number of amides is 1. The molecular weight excluding hydrogens is 436 g/mol. The first kappa shape index (κ1) is 24.3. The van der Waals surface area contributed by atoms with Crippen LogP contribution >= 0.6 is 0 Å². The largest absolute Gasteiger partial charge is 0.272 e. The number of rotatable bonds is 9. The maximum atomic E-state index is 13.6. The molecule has 0 saturated heterocycles. The molecule has 0 spiro atoms. The van der Waals surface area contributed by atoms with Crippen LogP contribution in [0.3, 0.4) is 0 Å². The van der Waals surface area contributed by atoms with Crippen LogP contribution in [0.1, 0.15) is 27.9 Å². The number of pyridine rings is 1. The standard InChI is InChI=1S/C25H28N4O3S/c1-19-15-20(2)25(21(3)16-19)33(31,32)29(14-12-22-9-5-4-6-10-22)18-24(30)28-27-17-23-11-7-8-13-26-23/h4-11,13,15-17H,12,14,18H2,1-3H3,(H,28,30)/b27-17+. The predicted molar refractivity (Wildman–Crippen MR) is 130 cm³/mol. The monoisotopic (exact) mass is 464 g/mol. The molecule has 0 unspecified atom stereocenters. The fourth-order valence-corrected chi connectivity index (χ4v) is 5.51. The Morgan fingerprint density at radius 3 is 2.33 bits per heavy atom. The van der Waals surface area contributed by atoms with Gasteiger partial charge >= 0.3 is 0 Å². The highest BCUT2D eigenvalue weighted by molar-refractivity contribution is 7.89. The van der Waals surface area contributed by atoms with Gasteiger partial charge in [0.25, 0.3) is 5.91 Å². The fraction of sp³-hybridized carbons (Fsp3) is 0.240. The van der Waals surface area contributed by atoms with Crippen molar-refractivity contribution in [3.05, 3.63) is 94.8 Å². The Labute approximate surface area is 195 Å². The van der Waals surface area contributed by atoms with Crippen LogP contribution in [0, 0.1) is 20.8 Å². The summed E-state index contributed by atoms with van der Waals surface area (Å²) in [5.74, 6) is -0.527. The van der Waals surface area contributed by atoms with E-state index in [1.165, 1.54) is 10.5 Å². The summed E-state index contributed by atoms with van der Waals surface area (Å²) in [6, 6.07) is 18.6. The SMILES string of the molecule is Cc1cc(C)c(S(=O)(=O)N(CCc2ccccc2)CC(=O)N/N=C/c2ccccn2)c(C)c1. The second-order valence-electron chi connectivity index (χ2n) is 7.85. The summed E-state index contributed by atoms with van der Waals surface area (Å²) in [6.07, 6.45) is 3.51. The van der Waals surface area contributed by atoms with Gasteiger partial charge in [-0.05, 0) is 56.0 Å². The molecule has 0 fully saturated rings. The van der Waals surface area contributed by atoms with E-state index in [1.807, 2.05) is 49.4 Å². The van der Waals surface area contributed by atoms with E-state index in [-0.39, 0.29) is 18.0 Å². The third kappa shape index (κ3) is 6.57. The number of nitrogens with zero attached hydrogens (tertiary/aromatic N) is 3. The van der Waals surface area contributed by atoms with Crippen molar-refractivity contribution >= 4 is 22.1 Å². The highest BCUT2D eigenvalue weighted by atomic mass is 32.2. The number of benzene rings is 2. The summed E-state index contributed by atoms with van der Waals surface area (Å²) >= 11 is 0. The molecule has 7 nitrogen and oxygen atoms in total. The van der Waals surface area contributed by atoms with Gasteiger partial charge in [0.1, 0.15) is 0 Å². The molecule has 0 aliphatic carbocycles. The summed E-state index contributed by atoms with van der Waals surface area (Å²) in [7, 11) is -3.91. The van der Waals surface area contributed by atoms with Gasteiger partial charge in [0.2, 0.25) is 10.0 Å². The predicted octanol–water partition coefficient (Wildman–Crippen LogP) is 3.39. The smallest absolute Gasteiger partial charge is 0.255 e. The van der Waals surface area contributed by atoms with Crippen LogP contribution < -0.4 is 5.43 Å². The summed E-state index contributed by atoms with van der Waals surface area (Å²) in [5.41, 5.74) is 6.28. The first-order chi connectivity index (χ1) is 15.8. The minimum Gasteiger partial charge on any atom is -0.272 e. The Morgan fingerprint density at radius 1 is 1.03 bits per heavy atom. The number of carbonyl (C=O) groups is 1. The molecule has 3 rings (SSSR count). The van der Waals surface area contributed by atoms with E-state index in [9.17, 15) is 13.2 Å². The topological polar surface area (TPSA) is 91.7 Å². The average Bonchev–Trinajstić information content (AvgIpc) is 2.77. The lowest BCUT2D eigenvalue weighted by molar-refractivity contribution is -0.121. The first-order valence-corrected chi connectivity index (χ1v) is 12.1. The molecule has 0 aliphatic heterocycles. The van der Waals surface area contributed by atoms with E-state index in [4.69, 9.17) is 0 Å². The van der Waals surface area contributed by atoms with Crippen molar-refractivity contribution in [1.29, 1.82) is 0 Å². The van der Waals surface area contributed by atoms with Crippen LogP contribution in [-0.2, 0) is 21.2 Å². The van der Waals surface area contributed by atoms with E-state index in [0.29, 0.717) is 23.2 Å². The molecule has 0 bridgehead atoms. The highest BCUT2D eigenvalue weighted by Crippen LogP contribution is 2.25. The number of aryl methyl sites for hydroxylation is 3. The summed E-state index contributed by atoms with van der Waals surface area (Å²) < 4.78 is 28.5. The minimum absolute atomic E-state index is 0.163. The van der Waals surface area contributed by atoms with E-state index in [2.05, 4.69) is 15.5 Å². The zero-order valence-corrected chi connectivity index (χ0v) is 19.8. The molecule has 0 radical (unpaired) electrons. The number of hydrazone groups is 1. The minimum atomic E-state index is -3.91. The molecule has 0 atom stereocenters. The van der Waals surface area contributed by atoms with E-state index < -0.39 is 15.9 Å². The van der Waals surface area contributed by atoms with Gasteiger partial charge in [-0.1, -0.05) is 54.1 Å². The average molecular weight is 465 g/mol. The number of nitrogens with one attached hydrogen (secondary N) is 1. The Kier molecular flexibility index (Phi) is 8.08. The molecule has 1 heterocycles. The molecule has 3 aromatic rings. The normalized spacial score (nSPS) is 11.8. The van der Waals surface area contributed by atoms with Crippen molar-refractivity contribution in [1.82, 2.24) is 14.7 Å². The molecule has 2 aromatic carbocycles. The molecular formula is C25H28N4O3S. The van der Waals surface area contributed by atoms with Crippen LogP contribution in [0.2, 0.25) is 0 Å². The zero-order chi connectivity index (χ0) is 23.8. The van der Waals surface area contributed by atoms with Crippen LogP contribution in [0.15, 0.2) is 76.9 Å². The van der Waals surface area contributed by atoms with E-state index >= 15 is 0 Å². The number of hydrogen-bond donors (Lipinski definition) is 1. The van der Waals surface area contributed by atoms with Crippen molar-refractivity contribution in [3.8, 4) is 0 Å². The van der Waals surface area contributed by atoms with Gasteiger partial charge in [-0.3, -0.25) is 9.78 Å².